The molecule has 2 aliphatic rings. The molecular formula is C70H112Br2N2O2S2. The lowest BCUT2D eigenvalue weighted by Gasteiger charge is -2.20. The number of halogens is 2. The number of amides is 2. The van der Waals surface area contributed by atoms with E-state index >= 15 is 9.59 Å². The lowest BCUT2D eigenvalue weighted by atomic mass is 9.88. The Morgan fingerprint density at radius 2 is 0.615 bits per heavy atom. The van der Waals surface area contributed by atoms with Gasteiger partial charge in [-0.3, -0.25) is 9.59 Å². The van der Waals surface area contributed by atoms with Gasteiger partial charge in [0.2, 0.25) is 0 Å². The van der Waals surface area contributed by atoms with Gasteiger partial charge in [0.15, 0.2) is 0 Å². The van der Waals surface area contributed by atoms with E-state index in [0.717, 1.165) is 102 Å². The minimum Gasteiger partial charge on any atom is -0.308 e. The summed E-state index contributed by atoms with van der Waals surface area (Å²) in [4.78, 5) is 37.5. The molecule has 1 aromatic carbocycles. The van der Waals surface area contributed by atoms with Crippen LogP contribution < -0.4 is 20.2 Å². The van der Waals surface area contributed by atoms with Crippen LogP contribution in [-0.2, 0) is 22.4 Å². The van der Waals surface area contributed by atoms with Crippen LogP contribution in [0.5, 0.6) is 0 Å². The van der Waals surface area contributed by atoms with Gasteiger partial charge in [-0.25, -0.2) is 0 Å². The van der Waals surface area contributed by atoms with Crippen molar-refractivity contribution in [3.8, 4) is 0 Å². The zero-order valence-corrected chi connectivity index (χ0v) is 55.7. The van der Waals surface area contributed by atoms with Crippen LogP contribution >= 0.6 is 54.5 Å². The standard InChI is InChI=1S/C70H112Br2N2O2S2/c1-7-13-19-25-29-31-35-39-45-55(43-37-33-27-21-15-9-3)49-57-51-63(71)77-67(57)65-59-53-62-60(54-61(59)73(69(65)75)47-41-23-17-11-5)66(70(76)74(62)48-42-24-18-12-6)68-58(52-64(72)78-68)50-56(44-38-34-28-22-16-10-4)46-40-36-32-30-26-20-14-8-2/h51-56H,7-50H2,1-6H3. The third kappa shape index (κ3) is 22.1. The number of hydrogen-bond donors (Lipinski definition) is 0. The van der Waals surface area contributed by atoms with Gasteiger partial charge in [0.25, 0.3) is 11.8 Å². The summed E-state index contributed by atoms with van der Waals surface area (Å²) in [5.41, 5.74) is 6.41. The predicted octanol–water partition coefficient (Wildman–Crippen LogP) is 22.5. The van der Waals surface area contributed by atoms with Gasteiger partial charge < -0.3 is 9.80 Å². The Morgan fingerprint density at radius 3 is 0.897 bits per heavy atom. The normalized spacial score (nSPS) is 14.2. The maximum atomic E-state index is 15.5. The van der Waals surface area contributed by atoms with Crippen molar-refractivity contribution in [1.29, 1.82) is 0 Å². The third-order valence-corrected chi connectivity index (χ3v) is 20.9. The molecule has 0 bridgehead atoms. The first-order valence-electron chi connectivity index (χ1n) is 33.3. The molecule has 3 aromatic rings. The largest absolute Gasteiger partial charge is 0.308 e. The molecule has 0 saturated heterocycles. The first-order valence-corrected chi connectivity index (χ1v) is 36.6. The molecule has 5 rings (SSSR count). The highest BCUT2D eigenvalue weighted by Gasteiger charge is 2.38. The summed E-state index contributed by atoms with van der Waals surface area (Å²) >= 11 is 11.5. The van der Waals surface area contributed by atoms with E-state index in [9.17, 15) is 0 Å². The molecule has 0 spiro atoms. The molecule has 2 atom stereocenters. The van der Waals surface area contributed by atoms with Gasteiger partial charge in [-0.1, -0.05) is 286 Å². The van der Waals surface area contributed by atoms with E-state index in [1.165, 1.54) is 229 Å². The van der Waals surface area contributed by atoms with E-state index in [1.54, 1.807) is 22.7 Å². The molecule has 440 valence electrons. The molecular weight excluding hydrogens is 1120 g/mol. The van der Waals surface area contributed by atoms with Crippen LogP contribution in [0.1, 0.15) is 319 Å². The fraction of sp³-hybridized carbons (Fsp3) is 0.743. The Bertz CT molecular complexity index is 2120. The molecule has 78 heavy (non-hydrogen) atoms. The first-order chi connectivity index (χ1) is 38.2. The summed E-state index contributed by atoms with van der Waals surface area (Å²) in [6.45, 7) is 15.2. The number of benzene rings is 1. The van der Waals surface area contributed by atoms with Gasteiger partial charge in [-0.2, -0.15) is 0 Å². The number of rotatable bonds is 48. The SMILES string of the molecule is CCCCCCCCCCC(CCCCCCCC)Cc1cc(Br)sc1C1=c2cc3c(cc2N(CCCCCC)C1=O)=C(c1sc(Br)cc1CC(CCCCCCCC)CCCCCCCCCC)C(=O)N3CCCCCC. The molecule has 0 aliphatic carbocycles. The topological polar surface area (TPSA) is 40.6 Å². The minimum atomic E-state index is 0.150. The van der Waals surface area contributed by atoms with Crippen LogP contribution in [0.2, 0.25) is 0 Å². The molecule has 4 heterocycles. The van der Waals surface area contributed by atoms with Crippen molar-refractivity contribution in [3.05, 3.63) is 63.2 Å². The molecule has 2 aromatic heterocycles. The predicted molar refractivity (Wildman–Crippen MR) is 353 cm³/mol. The van der Waals surface area contributed by atoms with Gasteiger partial charge in [-0.15, -0.1) is 22.7 Å². The van der Waals surface area contributed by atoms with Crippen molar-refractivity contribution in [2.24, 2.45) is 11.8 Å². The van der Waals surface area contributed by atoms with Crippen LogP contribution in [0, 0.1) is 11.8 Å². The molecule has 2 amide bonds. The fourth-order valence-corrected chi connectivity index (χ4v) is 16.3. The van der Waals surface area contributed by atoms with Crippen molar-refractivity contribution in [3.63, 3.8) is 0 Å². The quantitative estimate of drug-likeness (QED) is 0.0529. The molecule has 0 saturated carbocycles. The highest BCUT2D eigenvalue weighted by molar-refractivity contribution is 9.11. The van der Waals surface area contributed by atoms with E-state index in [1.807, 2.05) is 0 Å². The Hall–Kier alpha value is -1.74. The summed E-state index contributed by atoms with van der Waals surface area (Å²) in [5.74, 6) is 1.52. The summed E-state index contributed by atoms with van der Waals surface area (Å²) in [5, 5.41) is 2.06. The number of carbonyl (C=O) groups is 2. The van der Waals surface area contributed by atoms with Crippen molar-refractivity contribution >= 4 is 88.9 Å². The molecule has 2 unspecified atom stereocenters. The number of hydrogen-bond acceptors (Lipinski definition) is 4. The molecule has 0 fully saturated rings. The van der Waals surface area contributed by atoms with Crippen LogP contribution in [0.3, 0.4) is 0 Å². The number of carbonyl (C=O) groups excluding carboxylic acids is 2. The fourth-order valence-electron chi connectivity index (χ4n) is 12.8. The van der Waals surface area contributed by atoms with Crippen LogP contribution in [0.25, 0.3) is 11.1 Å². The number of anilines is 2. The van der Waals surface area contributed by atoms with Gasteiger partial charge in [0.1, 0.15) is 0 Å². The molecule has 2 aliphatic heterocycles. The van der Waals surface area contributed by atoms with E-state index in [0.29, 0.717) is 24.9 Å². The van der Waals surface area contributed by atoms with Crippen molar-refractivity contribution in [2.75, 3.05) is 22.9 Å². The third-order valence-electron chi connectivity index (χ3n) is 17.5. The van der Waals surface area contributed by atoms with Gasteiger partial charge in [0.05, 0.1) is 30.1 Å². The Kier molecular flexibility index (Phi) is 34.1. The zero-order valence-electron chi connectivity index (χ0n) is 50.9. The minimum absolute atomic E-state index is 0.150. The second-order valence-electron chi connectivity index (χ2n) is 24.3. The molecule has 4 nitrogen and oxygen atoms in total. The summed E-state index contributed by atoms with van der Waals surface area (Å²) in [6, 6.07) is 9.34. The lowest BCUT2D eigenvalue weighted by molar-refractivity contribution is -0.113. The Balaban J connectivity index is 1.57. The Labute approximate surface area is 503 Å². The van der Waals surface area contributed by atoms with Crippen molar-refractivity contribution < 1.29 is 9.59 Å². The van der Waals surface area contributed by atoms with Crippen molar-refractivity contribution in [1.82, 2.24) is 0 Å². The number of thiophene rings is 2. The number of nitrogens with zero attached hydrogens (tertiary/aromatic N) is 2. The zero-order chi connectivity index (χ0) is 55.7. The molecule has 8 heteroatoms. The van der Waals surface area contributed by atoms with Crippen LogP contribution in [-0.4, -0.2) is 24.9 Å². The van der Waals surface area contributed by atoms with Gasteiger partial charge in [0, 0.05) is 33.3 Å². The smallest absolute Gasteiger partial charge is 0.260 e. The average Bonchev–Trinajstić information content (AvgIpc) is 4.27. The summed E-state index contributed by atoms with van der Waals surface area (Å²) in [7, 11) is 0. The van der Waals surface area contributed by atoms with Crippen LogP contribution in [0.4, 0.5) is 11.4 Å². The van der Waals surface area contributed by atoms with Crippen LogP contribution in [0.15, 0.2) is 31.8 Å². The highest BCUT2D eigenvalue weighted by atomic mass is 79.9. The van der Waals surface area contributed by atoms with E-state index < -0.39 is 0 Å². The summed E-state index contributed by atoms with van der Waals surface area (Å²) in [6.07, 6.45) is 53.4. The average molecular weight is 1240 g/mol. The van der Waals surface area contributed by atoms with E-state index in [2.05, 4.69) is 107 Å². The second-order valence-corrected chi connectivity index (χ2v) is 29.1. The monoisotopic (exact) mass is 1230 g/mol. The maximum Gasteiger partial charge on any atom is 0.260 e. The first kappa shape index (κ1) is 67.1. The van der Waals surface area contributed by atoms with Gasteiger partial charge in [-0.05, 0) is 105 Å². The Morgan fingerprint density at radius 1 is 0.359 bits per heavy atom. The van der Waals surface area contributed by atoms with E-state index in [-0.39, 0.29) is 11.8 Å². The molecule has 0 N–H and O–H groups in total. The van der Waals surface area contributed by atoms with Crippen molar-refractivity contribution in [2.45, 2.75) is 311 Å². The lowest BCUT2D eigenvalue weighted by Crippen LogP contribution is -2.31. The highest BCUT2D eigenvalue weighted by Crippen LogP contribution is 2.42. The van der Waals surface area contributed by atoms with Gasteiger partial charge >= 0.3 is 0 Å². The maximum absolute atomic E-state index is 15.5. The van der Waals surface area contributed by atoms with E-state index in [4.69, 9.17) is 0 Å². The molecule has 0 radical (unpaired) electrons. The number of unbranched alkanes of at least 4 members (excludes halogenated alkanes) is 30. The second kappa shape index (κ2) is 39.7. The number of fused-ring (bicyclic) bond motifs is 2. The summed E-state index contributed by atoms with van der Waals surface area (Å²) < 4.78 is 2.22.